The molecule has 0 saturated carbocycles. The molecule has 0 fully saturated rings. The summed E-state index contributed by atoms with van der Waals surface area (Å²) in [5.74, 6) is 0.344. The number of rotatable bonds is 6. The second kappa shape index (κ2) is 8.54. The predicted molar refractivity (Wildman–Crippen MR) is 119 cm³/mol. The maximum atomic E-state index is 10.7. The van der Waals surface area contributed by atoms with Crippen molar-refractivity contribution in [3.63, 3.8) is 0 Å². The fraction of sp³-hybridized carbons (Fsp3) is 0.136. The van der Waals surface area contributed by atoms with Gasteiger partial charge in [-0.15, -0.1) is 5.11 Å². The smallest absolute Gasteiger partial charge is 0.287 e. The maximum Gasteiger partial charge on any atom is 0.287 e. The van der Waals surface area contributed by atoms with Gasteiger partial charge >= 0.3 is 0 Å². The molecular weight excluding hydrogens is 446 g/mol. The average Bonchev–Trinajstić information content (AvgIpc) is 3.01. The molecule has 30 heavy (non-hydrogen) atoms. The Hall–Kier alpha value is -3.39. The number of nitrogens with zero attached hydrogens (tertiary/aromatic N) is 5. The van der Waals surface area contributed by atoms with Crippen molar-refractivity contribution in [3.05, 3.63) is 98.3 Å². The van der Waals surface area contributed by atoms with Crippen molar-refractivity contribution in [2.24, 2.45) is 10.2 Å². The van der Waals surface area contributed by atoms with Gasteiger partial charge in [-0.2, -0.15) is 5.11 Å². The van der Waals surface area contributed by atoms with Crippen LogP contribution in [0, 0.1) is 17.0 Å². The number of benzene rings is 2. The summed E-state index contributed by atoms with van der Waals surface area (Å²) in [4.78, 5) is 14.2. The predicted octanol–water partition coefficient (Wildman–Crippen LogP) is 6.35. The first-order valence-corrected chi connectivity index (χ1v) is 10.1. The van der Waals surface area contributed by atoms with Gasteiger partial charge in [-0.1, -0.05) is 46.3 Å². The molecule has 0 radical (unpaired) electrons. The minimum absolute atomic E-state index is 0.0687. The number of hydrogen-bond donors (Lipinski definition) is 0. The summed E-state index contributed by atoms with van der Waals surface area (Å²) in [5, 5.41) is 20.3. The van der Waals surface area contributed by atoms with Crippen LogP contribution in [-0.2, 0) is 13.1 Å². The molecule has 150 valence electrons. The van der Waals surface area contributed by atoms with E-state index in [-0.39, 0.29) is 5.69 Å². The van der Waals surface area contributed by atoms with Crippen molar-refractivity contribution in [2.75, 3.05) is 0 Å². The first kappa shape index (κ1) is 19.9. The van der Waals surface area contributed by atoms with E-state index in [0.717, 1.165) is 33.2 Å². The molecule has 0 saturated heterocycles. The summed E-state index contributed by atoms with van der Waals surface area (Å²) in [6.45, 7) is 3.26. The van der Waals surface area contributed by atoms with E-state index in [0.29, 0.717) is 12.4 Å². The standard InChI is InChI=1S/C22H18BrN5O2/c1-15-20(13-25-26-22-11-10-18(12-24-22)28(29)30)19-4-2-3-5-21(19)27(15)14-16-6-8-17(23)9-7-16/h2-12H,13-14H2,1H3. The van der Waals surface area contributed by atoms with E-state index >= 15 is 0 Å². The zero-order chi connectivity index (χ0) is 21.1. The Morgan fingerprint density at radius 2 is 1.87 bits per heavy atom. The fourth-order valence-electron chi connectivity index (χ4n) is 3.40. The van der Waals surface area contributed by atoms with Crippen molar-refractivity contribution in [3.8, 4) is 0 Å². The van der Waals surface area contributed by atoms with Crippen molar-refractivity contribution in [2.45, 2.75) is 20.0 Å². The van der Waals surface area contributed by atoms with E-state index in [1.54, 1.807) is 0 Å². The molecule has 4 rings (SSSR count). The number of para-hydroxylation sites is 1. The Bertz CT molecular complexity index is 1230. The topological polar surface area (TPSA) is 85.7 Å². The minimum atomic E-state index is -0.489. The minimum Gasteiger partial charge on any atom is -0.340 e. The average molecular weight is 464 g/mol. The number of nitro groups is 1. The van der Waals surface area contributed by atoms with Gasteiger partial charge in [0.15, 0.2) is 5.82 Å². The number of aromatic nitrogens is 2. The Labute approximate surface area is 181 Å². The Balaban J connectivity index is 1.61. The highest BCUT2D eigenvalue weighted by molar-refractivity contribution is 9.10. The molecule has 0 spiro atoms. The highest BCUT2D eigenvalue weighted by Gasteiger charge is 2.14. The number of hydrogen-bond acceptors (Lipinski definition) is 5. The Morgan fingerprint density at radius 3 is 2.57 bits per heavy atom. The Kier molecular flexibility index (Phi) is 5.67. The van der Waals surface area contributed by atoms with Crippen LogP contribution >= 0.6 is 15.9 Å². The molecule has 0 aliphatic heterocycles. The zero-order valence-corrected chi connectivity index (χ0v) is 17.8. The highest BCUT2D eigenvalue weighted by Crippen LogP contribution is 2.28. The van der Waals surface area contributed by atoms with Gasteiger partial charge in [0.05, 0.1) is 11.5 Å². The van der Waals surface area contributed by atoms with Crippen LogP contribution in [0.4, 0.5) is 11.5 Å². The van der Waals surface area contributed by atoms with Crippen LogP contribution in [0.25, 0.3) is 10.9 Å². The molecule has 2 aromatic heterocycles. The zero-order valence-electron chi connectivity index (χ0n) is 16.2. The van der Waals surface area contributed by atoms with Gasteiger partial charge in [0, 0.05) is 39.2 Å². The second-order valence-corrected chi connectivity index (χ2v) is 7.74. The monoisotopic (exact) mass is 463 g/mol. The molecule has 0 N–H and O–H groups in total. The van der Waals surface area contributed by atoms with Crippen LogP contribution in [0.2, 0.25) is 0 Å². The molecule has 0 aliphatic rings. The summed E-state index contributed by atoms with van der Waals surface area (Å²) in [6.07, 6.45) is 1.18. The van der Waals surface area contributed by atoms with Crippen LogP contribution in [0.5, 0.6) is 0 Å². The van der Waals surface area contributed by atoms with Gasteiger partial charge in [0.25, 0.3) is 5.69 Å². The molecule has 2 heterocycles. The second-order valence-electron chi connectivity index (χ2n) is 6.82. The summed E-state index contributed by atoms with van der Waals surface area (Å²) >= 11 is 3.48. The van der Waals surface area contributed by atoms with Crippen LogP contribution in [-0.4, -0.2) is 14.5 Å². The third kappa shape index (κ3) is 4.13. The molecule has 2 aromatic carbocycles. The molecule has 0 bridgehead atoms. The molecule has 0 aliphatic carbocycles. The van der Waals surface area contributed by atoms with Crippen molar-refractivity contribution in [1.82, 2.24) is 9.55 Å². The quantitative estimate of drug-likeness (QED) is 0.189. The number of fused-ring (bicyclic) bond motifs is 1. The molecule has 4 aromatic rings. The molecule has 8 heteroatoms. The lowest BCUT2D eigenvalue weighted by Crippen LogP contribution is -2.02. The van der Waals surface area contributed by atoms with Crippen molar-refractivity contribution < 1.29 is 4.92 Å². The molecule has 0 atom stereocenters. The SMILES string of the molecule is Cc1c(CN=Nc2ccc([N+](=O)[O-])cn2)c2ccccc2n1Cc1ccc(Br)cc1. The largest absolute Gasteiger partial charge is 0.340 e. The van der Waals surface area contributed by atoms with E-state index in [9.17, 15) is 10.1 Å². The molecule has 0 amide bonds. The third-order valence-electron chi connectivity index (χ3n) is 4.96. The van der Waals surface area contributed by atoms with Crippen LogP contribution in [0.1, 0.15) is 16.8 Å². The lowest BCUT2D eigenvalue weighted by atomic mass is 10.1. The van der Waals surface area contributed by atoms with E-state index in [4.69, 9.17) is 0 Å². The third-order valence-corrected chi connectivity index (χ3v) is 5.49. The van der Waals surface area contributed by atoms with Gasteiger partial charge in [-0.05, 0) is 36.8 Å². The van der Waals surface area contributed by atoms with Crippen molar-refractivity contribution in [1.29, 1.82) is 0 Å². The van der Waals surface area contributed by atoms with Gasteiger partial charge in [0.1, 0.15) is 6.20 Å². The first-order chi connectivity index (χ1) is 14.5. The van der Waals surface area contributed by atoms with Crippen molar-refractivity contribution >= 4 is 38.3 Å². The summed E-state index contributed by atoms with van der Waals surface area (Å²) < 4.78 is 3.34. The van der Waals surface area contributed by atoms with Crippen LogP contribution < -0.4 is 0 Å². The Morgan fingerprint density at radius 1 is 1.10 bits per heavy atom. The summed E-state index contributed by atoms with van der Waals surface area (Å²) in [6, 6.07) is 19.4. The normalized spacial score (nSPS) is 11.4. The lowest BCUT2D eigenvalue weighted by molar-refractivity contribution is -0.385. The molecular formula is C22H18BrN5O2. The van der Waals surface area contributed by atoms with E-state index < -0.39 is 4.92 Å². The number of azo groups is 1. The first-order valence-electron chi connectivity index (χ1n) is 9.32. The van der Waals surface area contributed by atoms with Gasteiger partial charge in [-0.25, -0.2) is 4.98 Å². The van der Waals surface area contributed by atoms with E-state index in [2.05, 4.69) is 66.9 Å². The number of halogens is 1. The molecule has 0 unspecified atom stereocenters. The van der Waals surface area contributed by atoms with Crippen LogP contribution in [0.15, 0.2) is 81.6 Å². The highest BCUT2D eigenvalue weighted by atomic mass is 79.9. The van der Waals surface area contributed by atoms with E-state index in [1.165, 1.54) is 23.9 Å². The maximum absolute atomic E-state index is 10.7. The van der Waals surface area contributed by atoms with Gasteiger partial charge in [0.2, 0.25) is 0 Å². The van der Waals surface area contributed by atoms with Gasteiger partial charge < -0.3 is 4.57 Å². The fourth-order valence-corrected chi connectivity index (χ4v) is 3.67. The number of pyridine rings is 1. The molecule has 7 nitrogen and oxygen atoms in total. The van der Waals surface area contributed by atoms with E-state index in [1.807, 2.05) is 24.3 Å². The summed E-state index contributed by atoms with van der Waals surface area (Å²) in [7, 11) is 0. The lowest BCUT2D eigenvalue weighted by Gasteiger charge is -2.09. The van der Waals surface area contributed by atoms with Crippen LogP contribution in [0.3, 0.4) is 0 Å². The van der Waals surface area contributed by atoms with Gasteiger partial charge in [-0.3, -0.25) is 10.1 Å². The summed E-state index contributed by atoms with van der Waals surface area (Å²) in [5.41, 5.74) is 4.53.